The number of nitrogens with zero attached hydrogens (tertiary/aromatic N) is 3. The molecule has 250 valence electrons. The minimum absolute atomic E-state index is 0.0218. The number of aromatic nitrogens is 1. The van der Waals surface area contributed by atoms with E-state index in [9.17, 15) is 14.4 Å². The van der Waals surface area contributed by atoms with Gasteiger partial charge in [0.2, 0.25) is 17.7 Å². The van der Waals surface area contributed by atoms with E-state index in [1.165, 1.54) is 0 Å². The summed E-state index contributed by atoms with van der Waals surface area (Å²) >= 11 is 0. The van der Waals surface area contributed by atoms with Crippen molar-refractivity contribution < 1.29 is 33.3 Å². The minimum atomic E-state index is -0.446. The molecule has 2 atom stereocenters. The van der Waals surface area contributed by atoms with Crippen LogP contribution in [0.4, 0.5) is 0 Å². The van der Waals surface area contributed by atoms with Crippen LogP contribution < -0.4 is 14.8 Å². The van der Waals surface area contributed by atoms with E-state index in [1.54, 1.807) is 36.4 Å². The second kappa shape index (κ2) is 16.9. The number of nitrogens with one attached hydrogen (secondary N) is 1. The van der Waals surface area contributed by atoms with Gasteiger partial charge in [0.25, 0.3) is 0 Å². The largest absolute Gasteiger partial charge is 0.493 e. The van der Waals surface area contributed by atoms with E-state index < -0.39 is 6.04 Å². The molecule has 4 bridgehead atoms. The third kappa shape index (κ3) is 9.76. The van der Waals surface area contributed by atoms with Crippen molar-refractivity contribution in [3.05, 3.63) is 83.7 Å². The zero-order valence-electron chi connectivity index (χ0n) is 27.2. The molecule has 0 spiro atoms. The SMILES string of the molecule is COCCCN1CC(=O)N[C@H]2CN(C(=O)CCc3ccncc3)CC[C@H]2OCc2cccc(c2)Oc2ccc(cc2OC)CCC1=O. The van der Waals surface area contributed by atoms with Gasteiger partial charge in [-0.15, -0.1) is 0 Å². The fraction of sp³-hybridized carbons (Fsp3) is 0.444. The standard InChI is InChI=1S/C36H44N4O7/c1-44-20-4-18-39-24-34(41)38-30-23-40(36(43)11-8-26-13-16-37-17-14-26)19-15-31(30)46-25-28-5-3-6-29(21-28)47-32-10-7-27(9-12-35(39)42)22-33(32)45-2/h3,5-7,10,13-14,16-17,21-22,30-31H,4,8-9,11-12,15,18-20,23-25H2,1-2H3,(H,38,41)/t30-,31+/m0/s1. The predicted octanol–water partition coefficient (Wildman–Crippen LogP) is 3.93. The number of piperidine rings is 1. The Morgan fingerprint density at radius 3 is 2.70 bits per heavy atom. The number of aryl methyl sites for hydroxylation is 2. The Hall–Kier alpha value is -4.48. The van der Waals surface area contributed by atoms with Gasteiger partial charge in [-0.05, 0) is 78.8 Å². The van der Waals surface area contributed by atoms with Gasteiger partial charge in [-0.3, -0.25) is 19.4 Å². The lowest BCUT2D eigenvalue weighted by molar-refractivity contribution is -0.139. The summed E-state index contributed by atoms with van der Waals surface area (Å²) in [5.41, 5.74) is 2.88. The second-order valence-corrected chi connectivity index (χ2v) is 11.9. The summed E-state index contributed by atoms with van der Waals surface area (Å²) in [6.45, 7) is 1.89. The van der Waals surface area contributed by atoms with Crippen LogP contribution in [0.5, 0.6) is 17.2 Å². The van der Waals surface area contributed by atoms with Gasteiger partial charge in [0.05, 0.1) is 32.4 Å². The Kier molecular flexibility index (Phi) is 12.2. The molecular formula is C36H44N4O7. The smallest absolute Gasteiger partial charge is 0.239 e. The van der Waals surface area contributed by atoms with E-state index in [2.05, 4.69) is 10.3 Å². The summed E-state index contributed by atoms with van der Waals surface area (Å²) in [5, 5.41) is 3.12. The van der Waals surface area contributed by atoms with Crippen LogP contribution in [0.2, 0.25) is 0 Å². The third-order valence-electron chi connectivity index (χ3n) is 8.53. The molecule has 1 fully saturated rings. The lowest BCUT2D eigenvalue weighted by Crippen LogP contribution is -2.58. The number of carbonyl (C=O) groups is 3. The van der Waals surface area contributed by atoms with Crippen molar-refractivity contribution in [3.8, 4) is 17.2 Å². The predicted molar refractivity (Wildman–Crippen MR) is 175 cm³/mol. The number of pyridine rings is 1. The van der Waals surface area contributed by atoms with Crippen molar-refractivity contribution in [1.82, 2.24) is 20.1 Å². The maximum Gasteiger partial charge on any atom is 0.239 e. The molecule has 1 saturated heterocycles. The number of hydrogen-bond donors (Lipinski definition) is 1. The Morgan fingerprint density at radius 1 is 1.04 bits per heavy atom. The van der Waals surface area contributed by atoms with E-state index >= 15 is 0 Å². The van der Waals surface area contributed by atoms with Crippen LogP contribution in [0.25, 0.3) is 0 Å². The van der Waals surface area contributed by atoms with Crippen LogP contribution in [-0.4, -0.2) is 91.7 Å². The number of ether oxygens (including phenoxy) is 4. The van der Waals surface area contributed by atoms with E-state index in [0.29, 0.717) is 82.2 Å². The molecule has 3 aromatic rings. The zero-order chi connectivity index (χ0) is 33.0. The average molecular weight is 645 g/mol. The highest BCUT2D eigenvalue weighted by Crippen LogP contribution is 2.33. The minimum Gasteiger partial charge on any atom is -0.493 e. The summed E-state index contributed by atoms with van der Waals surface area (Å²) in [7, 11) is 3.20. The Morgan fingerprint density at radius 2 is 1.89 bits per heavy atom. The van der Waals surface area contributed by atoms with Crippen LogP contribution in [0.15, 0.2) is 67.0 Å². The highest BCUT2D eigenvalue weighted by atomic mass is 16.5. The number of methoxy groups -OCH3 is 2. The van der Waals surface area contributed by atoms with Crippen molar-refractivity contribution in [2.75, 3.05) is 47.0 Å². The lowest BCUT2D eigenvalue weighted by atomic mass is 10.0. The van der Waals surface area contributed by atoms with E-state index in [1.807, 2.05) is 54.6 Å². The van der Waals surface area contributed by atoms with Crippen LogP contribution in [0.1, 0.15) is 42.4 Å². The van der Waals surface area contributed by atoms with Crippen molar-refractivity contribution in [3.63, 3.8) is 0 Å². The Labute approximate surface area is 276 Å². The Balaban J connectivity index is 1.36. The van der Waals surface area contributed by atoms with Crippen molar-refractivity contribution in [2.45, 2.75) is 57.3 Å². The van der Waals surface area contributed by atoms with Crippen LogP contribution in [-0.2, 0) is 43.3 Å². The zero-order valence-corrected chi connectivity index (χ0v) is 27.2. The van der Waals surface area contributed by atoms with Crippen LogP contribution in [0.3, 0.4) is 0 Å². The first kappa shape index (κ1) is 33.9. The third-order valence-corrected chi connectivity index (χ3v) is 8.53. The van der Waals surface area contributed by atoms with Crippen LogP contribution in [0, 0.1) is 0 Å². The fourth-order valence-electron chi connectivity index (χ4n) is 5.96. The maximum absolute atomic E-state index is 13.5. The molecule has 11 nitrogen and oxygen atoms in total. The van der Waals surface area contributed by atoms with E-state index in [0.717, 1.165) is 16.7 Å². The molecular weight excluding hydrogens is 600 g/mol. The number of likely N-dealkylation sites (tertiary alicyclic amines) is 1. The molecule has 0 aliphatic carbocycles. The number of amides is 3. The first-order valence-corrected chi connectivity index (χ1v) is 16.2. The van der Waals surface area contributed by atoms with Gasteiger partial charge in [-0.1, -0.05) is 18.2 Å². The normalized spacial score (nSPS) is 19.1. The van der Waals surface area contributed by atoms with Gasteiger partial charge >= 0.3 is 0 Å². The first-order chi connectivity index (χ1) is 22.9. The van der Waals surface area contributed by atoms with Crippen LogP contribution >= 0.6 is 0 Å². The molecule has 1 aromatic heterocycles. The Bertz CT molecular complexity index is 1500. The van der Waals surface area contributed by atoms with Crippen molar-refractivity contribution in [2.24, 2.45) is 0 Å². The quantitative estimate of drug-likeness (QED) is 0.367. The topological polar surface area (TPSA) is 120 Å². The molecule has 6 rings (SSSR count). The molecule has 0 saturated carbocycles. The van der Waals surface area contributed by atoms with Gasteiger partial charge < -0.3 is 34.1 Å². The summed E-state index contributed by atoms with van der Waals surface area (Å²) < 4.78 is 23.4. The summed E-state index contributed by atoms with van der Waals surface area (Å²) in [6.07, 6.45) is 5.94. The molecule has 3 amide bonds. The molecule has 0 radical (unpaired) electrons. The monoisotopic (exact) mass is 644 g/mol. The summed E-state index contributed by atoms with van der Waals surface area (Å²) in [4.78, 5) is 47.7. The van der Waals surface area contributed by atoms with E-state index in [-0.39, 0.29) is 36.8 Å². The maximum atomic E-state index is 13.5. The summed E-state index contributed by atoms with van der Waals surface area (Å²) in [5.74, 6) is 1.37. The van der Waals surface area contributed by atoms with Crippen molar-refractivity contribution >= 4 is 17.7 Å². The van der Waals surface area contributed by atoms with Crippen molar-refractivity contribution in [1.29, 1.82) is 0 Å². The van der Waals surface area contributed by atoms with Gasteiger partial charge in [-0.25, -0.2) is 0 Å². The van der Waals surface area contributed by atoms with Gasteiger partial charge in [0, 0.05) is 58.6 Å². The molecule has 2 aromatic carbocycles. The molecule has 3 aliphatic rings. The fourth-order valence-corrected chi connectivity index (χ4v) is 5.96. The van der Waals surface area contributed by atoms with Gasteiger partial charge in [-0.2, -0.15) is 0 Å². The molecule has 11 heteroatoms. The van der Waals surface area contributed by atoms with E-state index in [4.69, 9.17) is 18.9 Å². The molecule has 4 heterocycles. The first-order valence-electron chi connectivity index (χ1n) is 16.2. The average Bonchev–Trinajstić information content (AvgIpc) is 3.09. The number of benzene rings is 2. The highest BCUT2D eigenvalue weighted by Gasteiger charge is 2.34. The number of carbonyl (C=O) groups excluding carboxylic acids is 3. The second-order valence-electron chi connectivity index (χ2n) is 11.9. The number of rotatable bonds is 8. The van der Waals surface area contributed by atoms with Gasteiger partial charge in [0.1, 0.15) is 5.75 Å². The van der Waals surface area contributed by atoms with Gasteiger partial charge in [0.15, 0.2) is 11.5 Å². The number of fused-ring (bicyclic) bond motifs is 9. The molecule has 1 N–H and O–H groups in total. The lowest BCUT2D eigenvalue weighted by Gasteiger charge is -2.39. The molecule has 0 unspecified atom stereocenters. The highest BCUT2D eigenvalue weighted by molar-refractivity contribution is 5.85. The summed E-state index contributed by atoms with van der Waals surface area (Å²) in [6, 6.07) is 16.7. The molecule has 3 aliphatic heterocycles. The molecule has 47 heavy (non-hydrogen) atoms. The number of hydrogen-bond acceptors (Lipinski definition) is 8.